The highest BCUT2D eigenvalue weighted by molar-refractivity contribution is 5.98. The molecule has 4 aromatic rings. The van der Waals surface area contributed by atoms with Gasteiger partial charge in [0, 0.05) is 11.8 Å². The van der Waals surface area contributed by atoms with E-state index in [4.69, 9.17) is 5.73 Å². The fourth-order valence-electron chi connectivity index (χ4n) is 5.02. The second-order valence-electron chi connectivity index (χ2n) is 10.5. The number of halogens is 3. The molecule has 0 radical (unpaired) electrons. The number of alkyl halides is 3. The zero-order valence-corrected chi connectivity index (χ0v) is 24.1. The number of carboxylic acids is 2. The average Bonchev–Trinajstić information content (AvgIpc) is 3.43. The molecule has 5 rings (SSSR count). The van der Waals surface area contributed by atoms with Gasteiger partial charge in [-0.25, -0.2) is 9.59 Å². The van der Waals surface area contributed by atoms with Crippen LogP contribution in [0.3, 0.4) is 0 Å². The van der Waals surface area contributed by atoms with E-state index >= 15 is 0 Å². The number of aromatic carboxylic acids is 2. The molecule has 1 amide bonds. The van der Waals surface area contributed by atoms with Crippen LogP contribution in [0.2, 0.25) is 0 Å². The minimum absolute atomic E-state index is 0.0341. The van der Waals surface area contributed by atoms with E-state index in [1.807, 2.05) is 24.3 Å². The zero-order chi connectivity index (χ0) is 33.0. The number of benzene rings is 4. The van der Waals surface area contributed by atoms with Gasteiger partial charge in [-0.05, 0) is 66.1 Å². The summed E-state index contributed by atoms with van der Waals surface area (Å²) >= 11 is 0. The number of hydrogen-bond donors (Lipinski definition) is 6. The third-order valence-corrected chi connectivity index (χ3v) is 7.35. The Kier molecular flexibility index (Phi) is 9.05. The van der Waals surface area contributed by atoms with Crippen LogP contribution in [0.15, 0.2) is 89.9 Å². The molecule has 0 fully saturated rings. The van der Waals surface area contributed by atoms with Gasteiger partial charge in [-0.1, -0.05) is 36.4 Å². The number of fused-ring (bicyclic) bond motifs is 1. The second kappa shape index (κ2) is 13.1. The summed E-state index contributed by atoms with van der Waals surface area (Å²) in [7, 11) is 0. The monoisotopic (exact) mass is 631 g/mol. The van der Waals surface area contributed by atoms with Gasteiger partial charge in [-0.2, -0.15) is 13.2 Å². The molecule has 1 aliphatic heterocycles. The van der Waals surface area contributed by atoms with Crippen LogP contribution in [0.25, 0.3) is 5.57 Å². The Morgan fingerprint density at radius 1 is 0.804 bits per heavy atom. The van der Waals surface area contributed by atoms with Crippen molar-refractivity contribution in [1.29, 1.82) is 0 Å². The maximum absolute atomic E-state index is 13.6. The van der Waals surface area contributed by atoms with Crippen molar-refractivity contribution in [2.24, 2.45) is 10.7 Å². The maximum Gasteiger partial charge on any atom is 0.416 e. The van der Waals surface area contributed by atoms with Crippen molar-refractivity contribution < 1.29 is 37.8 Å². The number of anilines is 4. The smallest absolute Gasteiger partial charge is 0.416 e. The first-order valence-electron chi connectivity index (χ1n) is 14.0. The van der Waals surface area contributed by atoms with Gasteiger partial charge in [0.05, 0.1) is 57.4 Å². The SMILES string of the molecule is N[C@@H](CC1=c2ccccc2=NC1)C(=O)NCc1ccc(Nc2cc(C(F)(F)F)ccc2Nc2ccccc2C(=O)O)c(C(=O)O)c1. The standard InChI is InChI=1S/C33H28F3N5O5/c34-33(35,36)20-10-12-28(40-26-8-4-2-6-22(26)31(43)44)29(15-20)41-27-11-9-18(13-23(27)32(45)46)16-39-30(42)24(37)14-19-17-38-25-7-3-1-5-21(19)25/h1-13,15,24,40-41H,14,16-17,37H2,(H,39,42)(H,43,44)(H,45,46)/t24-/m0/s1. The third kappa shape index (κ3) is 7.16. The first-order chi connectivity index (χ1) is 21.9. The quantitative estimate of drug-likeness (QED) is 0.142. The van der Waals surface area contributed by atoms with Gasteiger partial charge in [0.2, 0.25) is 5.91 Å². The summed E-state index contributed by atoms with van der Waals surface area (Å²) in [5.74, 6) is -3.07. The van der Waals surface area contributed by atoms with E-state index in [-0.39, 0.29) is 40.4 Å². The number of amides is 1. The van der Waals surface area contributed by atoms with Crippen molar-refractivity contribution in [3.05, 3.63) is 118 Å². The minimum Gasteiger partial charge on any atom is -0.478 e. The van der Waals surface area contributed by atoms with E-state index in [1.54, 1.807) is 6.07 Å². The number of carbonyl (C=O) groups excluding carboxylic acids is 1. The molecule has 0 saturated heterocycles. The average molecular weight is 632 g/mol. The fraction of sp³-hybridized carbons (Fsp3) is 0.152. The van der Waals surface area contributed by atoms with Crippen LogP contribution in [0.5, 0.6) is 0 Å². The van der Waals surface area contributed by atoms with E-state index in [0.717, 1.165) is 34.3 Å². The molecule has 46 heavy (non-hydrogen) atoms. The number of nitrogens with two attached hydrogens (primary N) is 1. The largest absolute Gasteiger partial charge is 0.478 e. The molecule has 7 N–H and O–H groups in total. The lowest BCUT2D eigenvalue weighted by molar-refractivity contribution is -0.137. The first kappa shape index (κ1) is 31.7. The summed E-state index contributed by atoms with van der Waals surface area (Å²) in [6.07, 6.45) is -4.42. The van der Waals surface area contributed by atoms with Gasteiger partial charge >= 0.3 is 18.1 Å². The molecule has 10 nitrogen and oxygen atoms in total. The molecule has 1 atom stereocenters. The molecular weight excluding hydrogens is 603 g/mol. The highest BCUT2D eigenvalue weighted by atomic mass is 19.4. The van der Waals surface area contributed by atoms with Crippen molar-refractivity contribution >= 4 is 46.2 Å². The van der Waals surface area contributed by atoms with Crippen LogP contribution in [-0.2, 0) is 17.5 Å². The summed E-state index contributed by atoms with van der Waals surface area (Å²) in [6.45, 7) is 0.400. The number of carboxylic acid groups (broad SMARTS) is 2. The molecule has 236 valence electrons. The van der Waals surface area contributed by atoms with Crippen molar-refractivity contribution in [3.8, 4) is 0 Å². The van der Waals surface area contributed by atoms with Crippen LogP contribution in [0, 0.1) is 0 Å². The Balaban J connectivity index is 1.36. The Morgan fingerprint density at radius 3 is 2.20 bits per heavy atom. The number of carbonyl (C=O) groups is 3. The Morgan fingerprint density at radius 2 is 1.46 bits per heavy atom. The normalized spacial score (nSPS) is 12.9. The van der Waals surface area contributed by atoms with Gasteiger partial charge < -0.3 is 31.9 Å². The molecular formula is C33H28F3N5O5. The molecule has 4 aromatic carbocycles. The summed E-state index contributed by atoms with van der Waals surface area (Å²) in [6, 6.07) is 19.4. The van der Waals surface area contributed by atoms with Gasteiger partial charge in [0.1, 0.15) is 0 Å². The first-order valence-corrected chi connectivity index (χ1v) is 14.0. The number of rotatable bonds is 11. The van der Waals surface area contributed by atoms with Gasteiger partial charge in [0.15, 0.2) is 0 Å². The lowest BCUT2D eigenvalue weighted by Crippen LogP contribution is -2.41. The van der Waals surface area contributed by atoms with Crippen LogP contribution in [0.1, 0.15) is 38.3 Å². The summed E-state index contributed by atoms with van der Waals surface area (Å²) < 4.78 is 40.8. The van der Waals surface area contributed by atoms with Crippen molar-refractivity contribution in [2.75, 3.05) is 17.2 Å². The molecule has 0 bridgehead atoms. The highest BCUT2D eigenvalue weighted by Crippen LogP contribution is 2.37. The summed E-state index contributed by atoms with van der Waals surface area (Å²) in [4.78, 5) is 41.1. The van der Waals surface area contributed by atoms with Crippen molar-refractivity contribution in [1.82, 2.24) is 5.32 Å². The Bertz CT molecular complexity index is 1960. The van der Waals surface area contributed by atoms with Crippen LogP contribution >= 0.6 is 0 Å². The molecule has 0 unspecified atom stereocenters. The second-order valence-corrected chi connectivity index (χ2v) is 10.5. The van der Waals surface area contributed by atoms with E-state index in [1.165, 1.54) is 36.4 Å². The third-order valence-electron chi connectivity index (χ3n) is 7.35. The van der Waals surface area contributed by atoms with Crippen LogP contribution in [-0.4, -0.2) is 40.6 Å². The molecule has 0 aliphatic carbocycles. The van der Waals surface area contributed by atoms with E-state index < -0.39 is 35.6 Å². The lowest BCUT2D eigenvalue weighted by atomic mass is 10.0. The molecule has 13 heteroatoms. The Hall–Kier alpha value is -5.69. The number of hydrogen-bond acceptors (Lipinski definition) is 7. The molecule has 0 aromatic heterocycles. The summed E-state index contributed by atoms with van der Waals surface area (Å²) in [5, 5.41) is 29.5. The zero-order valence-electron chi connectivity index (χ0n) is 24.1. The number of nitrogens with zero attached hydrogens (tertiary/aromatic N) is 1. The number of nitrogens with one attached hydrogen (secondary N) is 3. The minimum atomic E-state index is -4.71. The van der Waals surface area contributed by atoms with Crippen molar-refractivity contribution in [2.45, 2.75) is 25.2 Å². The van der Waals surface area contributed by atoms with E-state index in [9.17, 15) is 37.8 Å². The summed E-state index contributed by atoms with van der Waals surface area (Å²) in [5.41, 5.74) is 6.10. The topological polar surface area (TPSA) is 166 Å². The molecule has 0 saturated carbocycles. The number of para-hydroxylation sites is 2. The predicted octanol–water partition coefficient (Wildman–Crippen LogP) is 4.41. The lowest BCUT2D eigenvalue weighted by Gasteiger charge is -2.19. The van der Waals surface area contributed by atoms with E-state index in [0.29, 0.717) is 18.5 Å². The van der Waals surface area contributed by atoms with E-state index in [2.05, 4.69) is 20.9 Å². The van der Waals surface area contributed by atoms with Crippen molar-refractivity contribution in [3.63, 3.8) is 0 Å². The maximum atomic E-state index is 13.6. The fourth-order valence-corrected chi connectivity index (χ4v) is 5.02. The van der Waals surface area contributed by atoms with Gasteiger partial charge in [-0.3, -0.25) is 9.79 Å². The predicted molar refractivity (Wildman–Crippen MR) is 165 cm³/mol. The Labute approximate surface area is 260 Å². The molecule has 0 spiro atoms. The highest BCUT2D eigenvalue weighted by Gasteiger charge is 2.31. The van der Waals surface area contributed by atoms with Crippen LogP contribution < -0.4 is 32.3 Å². The molecule has 1 heterocycles. The molecule has 1 aliphatic rings. The van der Waals surface area contributed by atoms with Crippen LogP contribution in [0.4, 0.5) is 35.9 Å². The van der Waals surface area contributed by atoms with Gasteiger partial charge in [0.25, 0.3) is 0 Å². The van der Waals surface area contributed by atoms with Gasteiger partial charge in [-0.15, -0.1) is 0 Å².